The molecule has 2 aromatic heterocycles. The van der Waals surface area contributed by atoms with Gasteiger partial charge in [-0.1, -0.05) is 0 Å². The van der Waals surface area contributed by atoms with E-state index >= 15 is 0 Å². The van der Waals surface area contributed by atoms with Crippen molar-refractivity contribution in [1.29, 1.82) is 0 Å². The molecule has 0 radical (unpaired) electrons. The van der Waals surface area contributed by atoms with Gasteiger partial charge in [-0.3, -0.25) is 9.58 Å². The van der Waals surface area contributed by atoms with Gasteiger partial charge in [0.05, 0.1) is 0 Å². The Hall–Kier alpha value is -1.86. The maximum Gasteiger partial charge on any atom is 0.115 e. The van der Waals surface area contributed by atoms with Gasteiger partial charge in [0.15, 0.2) is 0 Å². The van der Waals surface area contributed by atoms with Gasteiger partial charge < -0.3 is 5.32 Å². The summed E-state index contributed by atoms with van der Waals surface area (Å²) in [6, 6.07) is 2.52. The topological polar surface area (TPSA) is 58.9 Å². The second-order valence-corrected chi connectivity index (χ2v) is 6.53. The quantitative estimate of drug-likeness (QED) is 0.797. The zero-order valence-corrected chi connectivity index (χ0v) is 14.1. The highest BCUT2D eigenvalue weighted by Gasteiger charge is 2.32. The number of hydrogen-bond acceptors (Lipinski definition) is 5. The molecule has 0 aliphatic carbocycles. The lowest BCUT2D eigenvalue weighted by Gasteiger charge is -2.25. The van der Waals surface area contributed by atoms with Gasteiger partial charge in [-0.25, -0.2) is 14.4 Å². The van der Waals surface area contributed by atoms with Crippen molar-refractivity contribution in [1.82, 2.24) is 30.0 Å². The number of nitrogens with zero attached hydrogens (tertiary/aromatic N) is 5. The molecule has 1 N–H and O–H groups in total. The SMILES string of the molecule is C[C@H](CCn1cccn1)NC[C@@H]1C[C@H](F)CN1Cc1cncnc1. The smallest absolute Gasteiger partial charge is 0.115 e. The van der Waals surface area contributed by atoms with Gasteiger partial charge >= 0.3 is 0 Å². The van der Waals surface area contributed by atoms with Crippen LogP contribution in [0.2, 0.25) is 0 Å². The fourth-order valence-electron chi connectivity index (χ4n) is 3.17. The van der Waals surface area contributed by atoms with Crippen LogP contribution in [0.1, 0.15) is 25.3 Å². The molecule has 1 saturated heterocycles. The third kappa shape index (κ3) is 4.82. The van der Waals surface area contributed by atoms with Gasteiger partial charge in [0, 0.05) is 68.6 Å². The Balaban J connectivity index is 1.45. The Morgan fingerprint density at radius 2 is 2.21 bits per heavy atom. The van der Waals surface area contributed by atoms with Gasteiger partial charge in [0.25, 0.3) is 0 Å². The molecule has 3 atom stereocenters. The predicted molar refractivity (Wildman–Crippen MR) is 90.1 cm³/mol. The molecule has 0 unspecified atom stereocenters. The van der Waals surface area contributed by atoms with E-state index in [0.717, 1.165) is 25.1 Å². The average Bonchev–Trinajstić information content (AvgIpc) is 3.22. The summed E-state index contributed by atoms with van der Waals surface area (Å²) in [5.41, 5.74) is 1.03. The van der Waals surface area contributed by atoms with E-state index in [0.29, 0.717) is 25.6 Å². The molecule has 7 heteroatoms. The summed E-state index contributed by atoms with van der Waals surface area (Å²) in [4.78, 5) is 10.3. The van der Waals surface area contributed by atoms with Gasteiger partial charge in [-0.2, -0.15) is 5.10 Å². The molecular formula is C17H25FN6. The van der Waals surface area contributed by atoms with Crippen molar-refractivity contribution >= 4 is 0 Å². The summed E-state index contributed by atoms with van der Waals surface area (Å²) in [5.74, 6) is 0. The molecule has 1 aliphatic rings. The molecule has 1 fully saturated rings. The molecule has 130 valence electrons. The van der Waals surface area contributed by atoms with Crippen LogP contribution in [0.3, 0.4) is 0 Å². The molecule has 0 bridgehead atoms. The number of rotatable bonds is 8. The van der Waals surface area contributed by atoms with E-state index in [-0.39, 0.29) is 6.04 Å². The summed E-state index contributed by atoms with van der Waals surface area (Å²) in [7, 11) is 0. The van der Waals surface area contributed by atoms with E-state index in [2.05, 4.69) is 32.2 Å². The Kier molecular flexibility index (Phi) is 5.87. The number of nitrogens with one attached hydrogen (secondary N) is 1. The number of hydrogen-bond donors (Lipinski definition) is 1. The van der Waals surface area contributed by atoms with Gasteiger partial charge in [-0.15, -0.1) is 0 Å². The largest absolute Gasteiger partial charge is 0.313 e. The van der Waals surface area contributed by atoms with Gasteiger partial charge in [0.2, 0.25) is 0 Å². The first-order chi connectivity index (χ1) is 11.7. The number of aryl methyl sites for hydroxylation is 1. The monoisotopic (exact) mass is 332 g/mol. The van der Waals surface area contributed by atoms with Crippen LogP contribution in [0.25, 0.3) is 0 Å². The van der Waals surface area contributed by atoms with E-state index in [9.17, 15) is 4.39 Å². The van der Waals surface area contributed by atoms with Crippen LogP contribution < -0.4 is 5.32 Å². The maximum atomic E-state index is 13.9. The molecule has 0 saturated carbocycles. The third-order valence-corrected chi connectivity index (χ3v) is 4.53. The van der Waals surface area contributed by atoms with Crippen molar-refractivity contribution in [2.45, 2.75) is 51.1 Å². The van der Waals surface area contributed by atoms with Gasteiger partial charge in [-0.05, 0) is 25.8 Å². The molecule has 0 spiro atoms. The lowest BCUT2D eigenvalue weighted by molar-refractivity contribution is 0.225. The minimum absolute atomic E-state index is 0.215. The van der Waals surface area contributed by atoms with E-state index in [4.69, 9.17) is 0 Å². The number of likely N-dealkylation sites (tertiary alicyclic amines) is 1. The van der Waals surface area contributed by atoms with Gasteiger partial charge in [0.1, 0.15) is 12.5 Å². The van der Waals surface area contributed by atoms with E-state index in [1.807, 2.05) is 16.9 Å². The zero-order valence-electron chi connectivity index (χ0n) is 14.1. The first-order valence-electron chi connectivity index (χ1n) is 8.53. The number of halogens is 1. The van der Waals surface area contributed by atoms with Crippen molar-refractivity contribution in [3.05, 3.63) is 42.7 Å². The highest BCUT2D eigenvalue weighted by Crippen LogP contribution is 2.22. The van der Waals surface area contributed by atoms with Crippen LogP contribution >= 0.6 is 0 Å². The molecule has 0 amide bonds. The lowest BCUT2D eigenvalue weighted by Crippen LogP contribution is -2.41. The fraction of sp³-hybridized carbons (Fsp3) is 0.588. The van der Waals surface area contributed by atoms with Crippen molar-refractivity contribution < 1.29 is 4.39 Å². The molecule has 0 aromatic carbocycles. The summed E-state index contributed by atoms with van der Waals surface area (Å²) in [6.07, 6.45) is 9.73. The standard InChI is InChI=1S/C17H25FN6/c1-14(3-6-24-5-2-4-22-24)21-10-17-7-16(18)12-23(17)11-15-8-19-13-20-9-15/h2,4-5,8-9,13-14,16-17,21H,3,6-7,10-12H2,1H3/t14-,16+,17+/m1/s1. The minimum atomic E-state index is -0.749. The highest BCUT2D eigenvalue weighted by molar-refractivity contribution is 5.04. The van der Waals surface area contributed by atoms with E-state index in [1.54, 1.807) is 18.6 Å². The normalized spacial score (nSPS) is 22.8. The molecule has 24 heavy (non-hydrogen) atoms. The van der Waals surface area contributed by atoms with Crippen LogP contribution in [-0.4, -0.2) is 56.0 Å². The molecule has 1 aliphatic heterocycles. The first-order valence-corrected chi connectivity index (χ1v) is 8.53. The summed E-state index contributed by atoms with van der Waals surface area (Å²) in [5, 5.41) is 7.76. The zero-order chi connectivity index (χ0) is 16.8. The molecule has 3 rings (SSSR count). The number of alkyl halides is 1. The van der Waals surface area contributed by atoms with Crippen molar-refractivity contribution in [2.75, 3.05) is 13.1 Å². The first kappa shape index (κ1) is 17.0. The average molecular weight is 332 g/mol. The maximum absolute atomic E-state index is 13.9. The Morgan fingerprint density at radius 3 is 2.96 bits per heavy atom. The summed E-state index contributed by atoms with van der Waals surface area (Å²) in [6.45, 7) is 5.05. The van der Waals surface area contributed by atoms with Crippen molar-refractivity contribution in [3.63, 3.8) is 0 Å². The second-order valence-electron chi connectivity index (χ2n) is 6.53. The molecule has 3 heterocycles. The second kappa shape index (κ2) is 8.30. The van der Waals surface area contributed by atoms with Crippen LogP contribution in [-0.2, 0) is 13.1 Å². The minimum Gasteiger partial charge on any atom is -0.313 e. The Labute approximate surface area is 142 Å². The third-order valence-electron chi connectivity index (χ3n) is 4.53. The molecule has 2 aromatic rings. The Morgan fingerprint density at radius 1 is 1.38 bits per heavy atom. The molecular weight excluding hydrogens is 307 g/mol. The van der Waals surface area contributed by atoms with Crippen molar-refractivity contribution in [3.8, 4) is 0 Å². The highest BCUT2D eigenvalue weighted by atomic mass is 19.1. The van der Waals surface area contributed by atoms with E-state index in [1.165, 1.54) is 6.33 Å². The summed E-state index contributed by atoms with van der Waals surface area (Å²) < 4.78 is 15.8. The lowest BCUT2D eigenvalue weighted by atomic mass is 10.1. The fourth-order valence-corrected chi connectivity index (χ4v) is 3.17. The van der Waals surface area contributed by atoms with Crippen molar-refractivity contribution in [2.24, 2.45) is 0 Å². The number of aromatic nitrogens is 4. The van der Waals surface area contributed by atoms with Crippen LogP contribution in [0.5, 0.6) is 0 Å². The van der Waals surface area contributed by atoms with Crippen LogP contribution in [0.15, 0.2) is 37.2 Å². The van der Waals surface area contributed by atoms with E-state index < -0.39 is 6.17 Å². The predicted octanol–water partition coefficient (Wildman–Crippen LogP) is 1.65. The van der Waals surface area contributed by atoms with Crippen LogP contribution in [0.4, 0.5) is 4.39 Å². The van der Waals surface area contributed by atoms with Crippen LogP contribution in [0, 0.1) is 0 Å². The molecule has 6 nitrogen and oxygen atoms in total. The summed E-state index contributed by atoms with van der Waals surface area (Å²) >= 11 is 0. The Bertz CT molecular complexity index is 590.